The number of fused-ring (bicyclic) bond motifs is 9. The molecule has 0 spiro atoms. The molecule has 0 aliphatic rings. The largest absolute Gasteiger partial charge is 2.00 e. The van der Waals surface area contributed by atoms with Crippen molar-refractivity contribution < 1.29 is 25.8 Å². The van der Waals surface area contributed by atoms with Crippen molar-refractivity contribution in [3.8, 4) is 28.8 Å². The van der Waals surface area contributed by atoms with Gasteiger partial charge in [0.2, 0.25) is 0 Å². The molecule has 0 fully saturated rings. The number of hydrogen-bond donors (Lipinski definition) is 0. The van der Waals surface area contributed by atoms with Gasteiger partial charge in [0.05, 0.1) is 11.0 Å². The molecular weight excluding hydrogens is 930 g/mol. The Morgan fingerprint density at radius 2 is 0.852 bits per heavy atom. The van der Waals surface area contributed by atoms with Crippen LogP contribution in [0.3, 0.4) is 0 Å². The molecule has 61 heavy (non-hydrogen) atoms. The van der Waals surface area contributed by atoms with Crippen molar-refractivity contribution >= 4 is 65.4 Å². The summed E-state index contributed by atoms with van der Waals surface area (Å²) < 4.78 is 13.5. The first kappa shape index (κ1) is 38.7. The minimum absolute atomic E-state index is 0. The minimum Gasteiger partial charge on any atom is -0.509 e. The van der Waals surface area contributed by atoms with Gasteiger partial charge in [-0.2, -0.15) is 12.1 Å². The van der Waals surface area contributed by atoms with Gasteiger partial charge >= 0.3 is 21.1 Å². The Kier molecular flexibility index (Phi) is 9.08. The third-order valence-corrected chi connectivity index (χ3v) is 11.9. The predicted molar refractivity (Wildman–Crippen MR) is 247 cm³/mol. The summed E-state index contributed by atoms with van der Waals surface area (Å²) in [7, 11) is 0. The number of pyridine rings is 2. The van der Waals surface area contributed by atoms with Crippen LogP contribution < -0.4 is 4.74 Å². The van der Waals surface area contributed by atoms with Gasteiger partial charge in [-0.15, -0.1) is 35.0 Å². The molecule has 0 atom stereocenters. The maximum atomic E-state index is 6.72. The molecule has 0 saturated heterocycles. The van der Waals surface area contributed by atoms with Gasteiger partial charge in [0.25, 0.3) is 0 Å². The summed E-state index contributed by atoms with van der Waals surface area (Å²) in [6.07, 6.45) is 3.81. The Labute approximate surface area is 369 Å². The topological polar surface area (TPSA) is 49.8 Å². The maximum Gasteiger partial charge on any atom is 2.00 e. The Bertz CT molecular complexity index is 3450. The Morgan fingerprint density at radius 1 is 0.426 bits per heavy atom. The van der Waals surface area contributed by atoms with Gasteiger partial charge in [0.1, 0.15) is 11.6 Å². The van der Waals surface area contributed by atoms with Gasteiger partial charge in [-0.05, 0) is 93.4 Å². The Balaban J connectivity index is 0.00000445. The average Bonchev–Trinajstić information content (AvgIpc) is 3.88. The zero-order valence-corrected chi connectivity index (χ0v) is 37.2. The van der Waals surface area contributed by atoms with Crippen LogP contribution in [0.5, 0.6) is 11.5 Å². The van der Waals surface area contributed by atoms with Crippen molar-refractivity contribution in [3.05, 3.63) is 175 Å². The zero-order chi connectivity index (χ0) is 40.9. The molecule has 6 nitrogen and oxygen atoms in total. The van der Waals surface area contributed by atoms with Crippen molar-refractivity contribution in [2.75, 3.05) is 0 Å². The second kappa shape index (κ2) is 14.3. The van der Waals surface area contributed by atoms with Crippen LogP contribution in [0.1, 0.15) is 52.7 Å². The van der Waals surface area contributed by atoms with E-state index in [1.165, 1.54) is 32.9 Å². The fourth-order valence-electron chi connectivity index (χ4n) is 8.85. The van der Waals surface area contributed by atoms with Crippen LogP contribution in [0.2, 0.25) is 0 Å². The molecule has 300 valence electrons. The average molecular weight is 973 g/mol. The van der Waals surface area contributed by atoms with Crippen molar-refractivity contribution in [1.29, 1.82) is 0 Å². The molecule has 0 unspecified atom stereocenters. The summed E-state index contributed by atoms with van der Waals surface area (Å²) in [4.78, 5) is 9.82. The predicted octanol–water partition coefficient (Wildman–Crippen LogP) is 13.8. The summed E-state index contributed by atoms with van der Waals surface area (Å²) in [5.41, 5.74) is 9.69. The first-order chi connectivity index (χ1) is 29.0. The molecule has 11 aromatic rings. The molecular formula is C54H43N5OPt. The number of rotatable bonds is 5. The number of aromatic nitrogens is 5. The normalized spacial score (nSPS) is 12.3. The van der Waals surface area contributed by atoms with Gasteiger partial charge in [0, 0.05) is 51.4 Å². The van der Waals surface area contributed by atoms with E-state index < -0.39 is 0 Å². The molecule has 11 rings (SSSR count). The van der Waals surface area contributed by atoms with E-state index in [1.54, 1.807) is 0 Å². The fraction of sp³-hybridized carbons (Fsp3) is 0.148. The SMILES string of the molecule is CC(C)(C)c1ccnc(-n2c3[c-]c(Oc4[c-]c5c(cc4)c4cc(-n6c7ccccc7c7ccccc76)ccc4n5-c4cc(C(C)(C)C)ccn4)ccc3c3ccccc32)c1.[Pt+2]. The fourth-order valence-corrected chi connectivity index (χ4v) is 8.85. The summed E-state index contributed by atoms with van der Waals surface area (Å²) >= 11 is 0. The zero-order valence-electron chi connectivity index (χ0n) is 34.9. The van der Waals surface area contributed by atoms with E-state index in [-0.39, 0.29) is 31.9 Å². The van der Waals surface area contributed by atoms with Crippen molar-refractivity contribution in [3.63, 3.8) is 0 Å². The molecule has 5 aromatic heterocycles. The smallest absolute Gasteiger partial charge is 0.509 e. The quantitative estimate of drug-likeness (QED) is 0.162. The van der Waals surface area contributed by atoms with Gasteiger partial charge in [0.15, 0.2) is 0 Å². The first-order valence-corrected chi connectivity index (χ1v) is 20.6. The van der Waals surface area contributed by atoms with Crippen LogP contribution in [0.15, 0.2) is 152 Å². The maximum absolute atomic E-state index is 6.72. The summed E-state index contributed by atoms with van der Waals surface area (Å²) in [6.45, 7) is 13.4. The number of hydrogen-bond acceptors (Lipinski definition) is 3. The summed E-state index contributed by atoms with van der Waals surface area (Å²) in [5.74, 6) is 2.87. The molecule has 0 saturated carbocycles. The molecule has 0 N–H and O–H groups in total. The Hall–Kier alpha value is -6.49. The van der Waals surface area contributed by atoms with Crippen LogP contribution in [0.4, 0.5) is 0 Å². The summed E-state index contributed by atoms with van der Waals surface area (Å²) in [6, 6.07) is 56.7. The van der Waals surface area contributed by atoms with Gasteiger partial charge in [-0.3, -0.25) is 0 Å². The molecule has 0 aliphatic heterocycles. The molecule has 6 aromatic carbocycles. The second-order valence-electron chi connectivity index (χ2n) is 17.8. The van der Waals surface area contributed by atoms with Gasteiger partial charge in [-0.1, -0.05) is 107 Å². The van der Waals surface area contributed by atoms with E-state index in [1.807, 2.05) is 24.5 Å². The summed E-state index contributed by atoms with van der Waals surface area (Å²) in [5, 5.41) is 6.87. The molecule has 5 heterocycles. The third kappa shape index (κ3) is 6.35. The van der Waals surface area contributed by atoms with E-state index >= 15 is 0 Å². The van der Waals surface area contributed by atoms with E-state index in [0.29, 0.717) is 11.5 Å². The monoisotopic (exact) mass is 972 g/mol. The van der Waals surface area contributed by atoms with E-state index in [0.717, 1.165) is 60.9 Å². The van der Waals surface area contributed by atoms with Crippen LogP contribution in [-0.2, 0) is 31.9 Å². The van der Waals surface area contributed by atoms with Crippen molar-refractivity contribution in [2.45, 2.75) is 52.4 Å². The number of ether oxygens (including phenoxy) is 1. The van der Waals surface area contributed by atoms with Crippen molar-refractivity contribution in [1.82, 2.24) is 23.7 Å². The van der Waals surface area contributed by atoms with Gasteiger partial charge in [-0.25, -0.2) is 9.97 Å². The number of nitrogens with zero attached hydrogens (tertiary/aromatic N) is 5. The van der Waals surface area contributed by atoms with E-state index in [2.05, 4.69) is 195 Å². The molecule has 0 bridgehead atoms. The second-order valence-corrected chi connectivity index (χ2v) is 17.8. The van der Waals surface area contributed by atoms with Crippen LogP contribution in [0.25, 0.3) is 82.7 Å². The van der Waals surface area contributed by atoms with E-state index in [9.17, 15) is 0 Å². The third-order valence-electron chi connectivity index (χ3n) is 11.9. The number of benzene rings is 6. The number of para-hydroxylation sites is 3. The first-order valence-electron chi connectivity index (χ1n) is 20.6. The Morgan fingerprint density at radius 3 is 1.34 bits per heavy atom. The molecule has 0 radical (unpaired) electrons. The van der Waals surface area contributed by atoms with Crippen LogP contribution in [-0.4, -0.2) is 23.7 Å². The van der Waals surface area contributed by atoms with Crippen LogP contribution >= 0.6 is 0 Å². The van der Waals surface area contributed by atoms with E-state index in [4.69, 9.17) is 14.7 Å². The molecule has 0 amide bonds. The molecule has 0 aliphatic carbocycles. The van der Waals surface area contributed by atoms with Gasteiger partial charge < -0.3 is 18.4 Å². The standard InChI is InChI=1S/C54H43N5O.Pt/c1-53(2,3)34-25-27-55-51(29-34)58-47-18-12-9-15-41(47)42-22-20-37(32-49(42)58)60-38-21-23-43-44-31-36(57-45-16-10-7-13-39(45)40-14-8-11-17-46(40)57)19-24-48(44)59(50(43)33-38)52-30-35(26-28-56-52)54(4,5)6;/h7-31H,1-6H3;/q-2;+2. The van der Waals surface area contributed by atoms with Crippen molar-refractivity contribution in [2.24, 2.45) is 0 Å². The molecule has 7 heteroatoms. The van der Waals surface area contributed by atoms with Crippen LogP contribution in [0, 0.1) is 12.1 Å². The minimum atomic E-state index is -0.0569.